The number of nitrogens with one attached hydrogen (secondary N) is 1. The highest BCUT2D eigenvalue weighted by atomic mass is 32.2. The van der Waals surface area contributed by atoms with Crippen molar-refractivity contribution < 1.29 is 8.42 Å². The van der Waals surface area contributed by atoms with E-state index >= 15 is 0 Å². The lowest BCUT2D eigenvalue weighted by Crippen LogP contribution is -2.22. The van der Waals surface area contributed by atoms with Gasteiger partial charge in [-0.1, -0.05) is 24.3 Å². The fraction of sp³-hybridized carbons (Fsp3) is 0.308. The van der Waals surface area contributed by atoms with Crippen molar-refractivity contribution >= 4 is 20.8 Å². The van der Waals surface area contributed by atoms with Crippen LogP contribution in [0.1, 0.15) is 12.0 Å². The van der Waals surface area contributed by atoms with Crippen molar-refractivity contribution in [3.8, 4) is 0 Å². The minimum Gasteiger partial charge on any atom is -0.313 e. The van der Waals surface area contributed by atoms with E-state index in [1.165, 1.54) is 0 Å². The van der Waals surface area contributed by atoms with E-state index in [1.807, 2.05) is 30.6 Å². The predicted molar refractivity (Wildman–Crippen MR) is 76.0 cm³/mol. The highest BCUT2D eigenvalue weighted by Gasteiger charge is 2.03. The van der Waals surface area contributed by atoms with Crippen molar-refractivity contribution in [3.05, 3.63) is 42.2 Å². The second kappa shape index (κ2) is 6.10. The van der Waals surface area contributed by atoms with Gasteiger partial charge in [0.25, 0.3) is 0 Å². The molecule has 0 saturated carbocycles. The van der Waals surface area contributed by atoms with Crippen LogP contribution in [0, 0.1) is 0 Å². The summed E-state index contributed by atoms with van der Waals surface area (Å²) in [4.78, 5) is 4.20. The minimum atomic E-state index is -3.36. The third-order valence-corrected chi connectivity index (χ3v) is 3.71. The first-order chi connectivity index (χ1) is 9.06. The molecule has 0 aliphatic heterocycles. The van der Waals surface area contributed by atoms with Crippen LogP contribution >= 0.6 is 0 Å². The normalized spacial score (nSPS) is 11.8. The number of primary sulfonamides is 1. The van der Waals surface area contributed by atoms with E-state index in [9.17, 15) is 8.42 Å². The molecule has 0 atom stereocenters. The molecule has 0 unspecified atom stereocenters. The van der Waals surface area contributed by atoms with Crippen molar-refractivity contribution in [1.29, 1.82) is 0 Å². The van der Waals surface area contributed by atoms with Crippen LogP contribution in [0.2, 0.25) is 0 Å². The van der Waals surface area contributed by atoms with E-state index < -0.39 is 10.0 Å². The van der Waals surface area contributed by atoms with Gasteiger partial charge in [0, 0.05) is 24.3 Å². The molecule has 6 heteroatoms. The first-order valence-electron chi connectivity index (χ1n) is 6.09. The number of hydrogen-bond donors (Lipinski definition) is 2. The third-order valence-electron chi connectivity index (χ3n) is 2.85. The van der Waals surface area contributed by atoms with Crippen LogP contribution in [0.15, 0.2) is 36.7 Å². The van der Waals surface area contributed by atoms with Gasteiger partial charge >= 0.3 is 0 Å². The summed E-state index contributed by atoms with van der Waals surface area (Å²) in [7, 11) is -3.36. The van der Waals surface area contributed by atoms with Gasteiger partial charge in [-0.05, 0) is 23.9 Å². The molecule has 0 radical (unpaired) electrons. The largest absolute Gasteiger partial charge is 0.313 e. The van der Waals surface area contributed by atoms with Gasteiger partial charge < -0.3 is 5.32 Å². The summed E-state index contributed by atoms with van der Waals surface area (Å²) in [6, 6.07) is 8.05. The average Bonchev–Trinajstić information content (AvgIpc) is 2.37. The van der Waals surface area contributed by atoms with Gasteiger partial charge in [-0.25, -0.2) is 13.6 Å². The van der Waals surface area contributed by atoms with Crippen LogP contribution in [-0.4, -0.2) is 25.7 Å². The molecule has 3 N–H and O–H groups in total. The van der Waals surface area contributed by atoms with Gasteiger partial charge in [0.05, 0.1) is 5.75 Å². The molecule has 102 valence electrons. The maximum absolute atomic E-state index is 10.8. The fourth-order valence-corrected chi connectivity index (χ4v) is 2.49. The summed E-state index contributed by atoms with van der Waals surface area (Å²) < 4.78 is 21.6. The first kappa shape index (κ1) is 13.9. The smallest absolute Gasteiger partial charge is 0.209 e. The summed E-state index contributed by atoms with van der Waals surface area (Å²) in [5, 5.41) is 10.4. The molecule has 0 aliphatic rings. The van der Waals surface area contributed by atoms with Crippen molar-refractivity contribution in [2.45, 2.75) is 13.0 Å². The summed E-state index contributed by atoms with van der Waals surface area (Å²) in [5.41, 5.74) is 1.11. The minimum absolute atomic E-state index is 0.00773. The van der Waals surface area contributed by atoms with Gasteiger partial charge in [-0.3, -0.25) is 4.98 Å². The van der Waals surface area contributed by atoms with Gasteiger partial charge in [-0.15, -0.1) is 0 Å². The molecule has 0 saturated heterocycles. The van der Waals surface area contributed by atoms with Gasteiger partial charge in [0.2, 0.25) is 10.0 Å². The molecule has 0 bridgehead atoms. The van der Waals surface area contributed by atoms with Gasteiger partial charge in [0.1, 0.15) is 0 Å². The molecule has 1 heterocycles. The Labute approximate surface area is 112 Å². The molecule has 0 fully saturated rings. The van der Waals surface area contributed by atoms with Crippen LogP contribution in [0.3, 0.4) is 0 Å². The number of nitrogens with two attached hydrogens (primary N) is 1. The van der Waals surface area contributed by atoms with Crippen LogP contribution in [0.4, 0.5) is 0 Å². The summed E-state index contributed by atoms with van der Waals surface area (Å²) in [6.07, 6.45) is 4.17. The van der Waals surface area contributed by atoms with E-state index in [-0.39, 0.29) is 5.75 Å². The number of hydrogen-bond acceptors (Lipinski definition) is 4. The van der Waals surface area contributed by atoms with E-state index in [0.717, 1.165) is 16.3 Å². The molecule has 0 aliphatic carbocycles. The number of rotatable bonds is 6. The molecule has 19 heavy (non-hydrogen) atoms. The van der Waals surface area contributed by atoms with Crippen molar-refractivity contribution in [1.82, 2.24) is 10.3 Å². The maximum Gasteiger partial charge on any atom is 0.209 e. The lowest BCUT2D eigenvalue weighted by Gasteiger charge is -2.07. The molecular formula is C13H17N3O2S. The average molecular weight is 279 g/mol. The summed E-state index contributed by atoms with van der Waals surface area (Å²) >= 11 is 0. The Morgan fingerprint density at radius 2 is 2.00 bits per heavy atom. The zero-order valence-corrected chi connectivity index (χ0v) is 11.4. The summed E-state index contributed by atoms with van der Waals surface area (Å²) in [6.45, 7) is 1.28. The second-order valence-corrected chi connectivity index (χ2v) is 6.15. The van der Waals surface area contributed by atoms with Gasteiger partial charge in [-0.2, -0.15) is 0 Å². The molecule has 1 aromatic carbocycles. The molecule has 0 amide bonds. The maximum atomic E-state index is 10.8. The van der Waals surface area contributed by atoms with Crippen LogP contribution in [0.5, 0.6) is 0 Å². The molecule has 5 nitrogen and oxygen atoms in total. The number of sulfonamides is 1. The van der Waals surface area contributed by atoms with Crippen LogP contribution in [-0.2, 0) is 16.6 Å². The highest BCUT2D eigenvalue weighted by molar-refractivity contribution is 7.89. The van der Waals surface area contributed by atoms with Crippen molar-refractivity contribution in [2.75, 3.05) is 12.3 Å². The third kappa shape index (κ3) is 4.27. The predicted octanol–water partition coefficient (Wildman–Crippen LogP) is 1.00. The standard InChI is InChI=1S/C13H17N3O2S/c14-19(17,18)7-3-6-15-9-12-10-16-8-11-4-1-2-5-13(11)12/h1-2,4-5,8,10,15H,3,6-7,9H2,(H2,14,17,18). The Kier molecular flexibility index (Phi) is 4.47. The topological polar surface area (TPSA) is 85.1 Å². The number of pyridine rings is 1. The zero-order chi connectivity index (χ0) is 13.7. The van der Waals surface area contributed by atoms with E-state index in [0.29, 0.717) is 19.5 Å². The Bertz CT molecular complexity index is 650. The summed E-state index contributed by atoms with van der Waals surface area (Å²) in [5.74, 6) is 0.00773. The Hall–Kier alpha value is -1.50. The quantitative estimate of drug-likeness (QED) is 0.773. The lowest BCUT2D eigenvalue weighted by atomic mass is 10.1. The SMILES string of the molecule is NS(=O)(=O)CCCNCc1cncc2ccccc12. The Balaban J connectivity index is 1.92. The van der Waals surface area contributed by atoms with E-state index in [2.05, 4.69) is 16.4 Å². The number of aromatic nitrogens is 1. The van der Waals surface area contributed by atoms with Crippen molar-refractivity contribution in [3.63, 3.8) is 0 Å². The lowest BCUT2D eigenvalue weighted by molar-refractivity contribution is 0.590. The Morgan fingerprint density at radius 1 is 1.21 bits per heavy atom. The number of nitrogens with zero attached hydrogens (tertiary/aromatic N) is 1. The fourth-order valence-electron chi connectivity index (χ4n) is 1.94. The number of fused-ring (bicyclic) bond motifs is 1. The Morgan fingerprint density at radius 3 is 2.79 bits per heavy atom. The van der Waals surface area contributed by atoms with E-state index in [4.69, 9.17) is 5.14 Å². The van der Waals surface area contributed by atoms with E-state index in [1.54, 1.807) is 0 Å². The number of benzene rings is 1. The van der Waals surface area contributed by atoms with Crippen LogP contribution < -0.4 is 10.5 Å². The second-order valence-electron chi connectivity index (χ2n) is 4.42. The molecular weight excluding hydrogens is 262 g/mol. The molecule has 1 aromatic heterocycles. The molecule has 0 spiro atoms. The molecule has 2 aromatic rings. The van der Waals surface area contributed by atoms with Crippen molar-refractivity contribution in [2.24, 2.45) is 5.14 Å². The van der Waals surface area contributed by atoms with Gasteiger partial charge in [0.15, 0.2) is 0 Å². The van der Waals surface area contributed by atoms with Crippen LogP contribution in [0.25, 0.3) is 10.8 Å². The first-order valence-corrected chi connectivity index (χ1v) is 7.80. The highest BCUT2D eigenvalue weighted by Crippen LogP contribution is 2.16. The zero-order valence-electron chi connectivity index (χ0n) is 10.5. The molecule has 2 rings (SSSR count). The monoisotopic (exact) mass is 279 g/mol.